The van der Waals surface area contributed by atoms with Gasteiger partial charge >= 0.3 is 0 Å². The van der Waals surface area contributed by atoms with Crippen LogP contribution in [-0.4, -0.2) is 25.5 Å². The third-order valence-corrected chi connectivity index (χ3v) is 5.14. The highest BCUT2D eigenvalue weighted by molar-refractivity contribution is 7.89. The van der Waals surface area contributed by atoms with E-state index >= 15 is 0 Å². The Morgan fingerprint density at radius 1 is 1.62 bits per heavy atom. The normalized spacial score (nSPS) is 13.6. The van der Waals surface area contributed by atoms with E-state index in [0.717, 1.165) is 9.18 Å². The smallest absolute Gasteiger partial charge is 0.212 e. The number of hydrogen-bond donors (Lipinski definition) is 0. The maximum Gasteiger partial charge on any atom is 0.215 e. The molecule has 1 aromatic rings. The first-order valence-electron chi connectivity index (χ1n) is 4.91. The fourth-order valence-corrected chi connectivity index (χ4v) is 3.50. The molecule has 88 valence electrons. The van der Waals surface area contributed by atoms with Crippen LogP contribution in [0.25, 0.3) is 0 Å². The van der Waals surface area contributed by atoms with Crippen LogP contribution in [0.15, 0.2) is 17.5 Å². The first kappa shape index (κ1) is 13.2. The summed E-state index contributed by atoms with van der Waals surface area (Å²) in [4.78, 5) is 0.754. The standard InChI is InChI=1S/C10H14N2O2S2/c1-3-7-16(13,14)12(2)9(8-11)10-5-4-6-15-10/h4-6,9H,3,7H2,1-2H3. The van der Waals surface area contributed by atoms with Crippen LogP contribution in [0.3, 0.4) is 0 Å². The van der Waals surface area contributed by atoms with Crippen LogP contribution >= 0.6 is 11.3 Å². The van der Waals surface area contributed by atoms with Crippen molar-refractivity contribution >= 4 is 21.4 Å². The average molecular weight is 258 g/mol. The molecule has 1 aromatic heterocycles. The first-order valence-corrected chi connectivity index (χ1v) is 7.40. The van der Waals surface area contributed by atoms with Gasteiger partial charge in [-0.15, -0.1) is 11.3 Å². The number of nitrogens with zero attached hydrogens (tertiary/aromatic N) is 2. The van der Waals surface area contributed by atoms with Crippen LogP contribution in [0.2, 0.25) is 0 Å². The topological polar surface area (TPSA) is 61.2 Å². The molecular weight excluding hydrogens is 244 g/mol. The second kappa shape index (κ2) is 5.43. The van der Waals surface area contributed by atoms with E-state index in [0.29, 0.717) is 6.42 Å². The second-order valence-corrected chi connectivity index (χ2v) is 6.51. The Bertz CT molecular complexity index is 460. The maximum atomic E-state index is 11.8. The van der Waals surface area contributed by atoms with Crippen molar-refractivity contribution < 1.29 is 8.42 Å². The lowest BCUT2D eigenvalue weighted by atomic mass is 10.3. The highest BCUT2D eigenvalue weighted by atomic mass is 32.2. The van der Waals surface area contributed by atoms with Gasteiger partial charge in [-0.05, 0) is 17.9 Å². The molecule has 1 heterocycles. The summed E-state index contributed by atoms with van der Waals surface area (Å²) in [7, 11) is -1.87. The van der Waals surface area contributed by atoms with Gasteiger partial charge in [0.25, 0.3) is 0 Å². The Morgan fingerprint density at radius 2 is 2.31 bits per heavy atom. The Morgan fingerprint density at radius 3 is 2.75 bits per heavy atom. The molecule has 1 rings (SSSR count). The zero-order chi connectivity index (χ0) is 12.2. The summed E-state index contributed by atoms with van der Waals surface area (Å²) >= 11 is 1.39. The van der Waals surface area contributed by atoms with Gasteiger partial charge in [-0.1, -0.05) is 13.0 Å². The van der Waals surface area contributed by atoms with Gasteiger partial charge in [0.1, 0.15) is 6.04 Å². The van der Waals surface area contributed by atoms with Crippen LogP contribution in [0.4, 0.5) is 0 Å². The van der Waals surface area contributed by atoms with Crippen molar-refractivity contribution in [3.63, 3.8) is 0 Å². The lowest BCUT2D eigenvalue weighted by molar-refractivity contribution is 0.435. The molecule has 0 N–H and O–H groups in total. The van der Waals surface area contributed by atoms with Crippen molar-refractivity contribution in [1.29, 1.82) is 5.26 Å². The van der Waals surface area contributed by atoms with Gasteiger partial charge in [0.15, 0.2) is 0 Å². The lowest BCUT2D eigenvalue weighted by Crippen LogP contribution is -2.32. The highest BCUT2D eigenvalue weighted by Gasteiger charge is 2.27. The summed E-state index contributed by atoms with van der Waals surface area (Å²) < 4.78 is 24.8. The number of rotatable bonds is 5. The SMILES string of the molecule is CCCS(=O)(=O)N(C)C(C#N)c1cccs1. The number of sulfonamides is 1. The van der Waals surface area contributed by atoms with Crippen LogP contribution in [-0.2, 0) is 10.0 Å². The molecule has 0 aliphatic rings. The van der Waals surface area contributed by atoms with Gasteiger partial charge in [-0.2, -0.15) is 9.57 Å². The molecular formula is C10H14N2O2S2. The molecule has 6 heteroatoms. The molecule has 0 spiro atoms. The summed E-state index contributed by atoms with van der Waals surface area (Å²) in [6, 6.07) is 4.90. The van der Waals surface area contributed by atoms with Gasteiger partial charge in [-0.3, -0.25) is 0 Å². The molecule has 0 fully saturated rings. The van der Waals surface area contributed by atoms with E-state index in [1.54, 1.807) is 13.0 Å². The fraction of sp³-hybridized carbons (Fsp3) is 0.500. The van der Waals surface area contributed by atoms with Crippen LogP contribution in [0, 0.1) is 11.3 Å². The van der Waals surface area contributed by atoms with Gasteiger partial charge in [0.05, 0.1) is 11.8 Å². The fourth-order valence-electron chi connectivity index (χ4n) is 1.33. The van der Waals surface area contributed by atoms with Crippen molar-refractivity contribution in [2.45, 2.75) is 19.4 Å². The van der Waals surface area contributed by atoms with Gasteiger partial charge in [-0.25, -0.2) is 8.42 Å². The molecule has 4 nitrogen and oxygen atoms in total. The van der Waals surface area contributed by atoms with Gasteiger partial charge in [0, 0.05) is 11.9 Å². The Hall–Kier alpha value is -0.900. The minimum Gasteiger partial charge on any atom is -0.212 e. The third kappa shape index (κ3) is 2.82. The molecule has 0 radical (unpaired) electrons. The number of nitriles is 1. The summed E-state index contributed by atoms with van der Waals surface area (Å²) in [6.45, 7) is 1.80. The molecule has 0 amide bonds. The van der Waals surface area contributed by atoms with Crippen LogP contribution in [0.1, 0.15) is 24.3 Å². The zero-order valence-electron chi connectivity index (χ0n) is 9.25. The van der Waals surface area contributed by atoms with Gasteiger partial charge < -0.3 is 0 Å². The van der Waals surface area contributed by atoms with Crippen molar-refractivity contribution in [3.8, 4) is 6.07 Å². The minimum atomic E-state index is -3.33. The Balaban J connectivity index is 2.96. The van der Waals surface area contributed by atoms with Gasteiger partial charge in [0.2, 0.25) is 10.0 Å². The van der Waals surface area contributed by atoms with E-state index in [1.165, 1.54) is 18.4 Å². The molecule has 0 aliphatic carbocycles. The van der Waals surface area contributed by atoms with Crippen molar-refractivity contribution in [2.24, 2.45) is 0 Å². The van der Waals surface area contributed by atoms with Crippen molar-refractivity contribution in [1.82, 2.24) is 4.31 Å². The van der Waals surface area contributed by atoms with Crippen molar-refractivity contribution in [2.75, 3.05) is 12.8 Å². The van der Waals surface area contributed by atoms with E-state index in [2.05, 4.69) is 0 Å². The summed E-state index contributed by atoms with van der Waals surface area (Å²) in [5.41, 5.74) is 0. The lowest BCUT2D eigenvalue weighted by Gasteiger charge is -2.20. The predicted octanol–water partition coefficient (Wildman–Crippen LogP) is 1.98. The molecule has 0 aromatic carbocycles. The molecule has 16 heavy (non-hydrogen) atoms. The average Bonchev–Trinajstić information content (AvgIpc) is 2.72. The van der Waals surface area contributed by atoms with E-state index < -0.39 is 16.1 Å². The second-order valence-electron chi connectivity index (χ2n) is 3.38. The molecule has 0 saturated heterocycles. The summed E-state index contributed by atoms with van der Waals surface area (Å²) in [6.07, 6.45) is 0.551. The maximum absolute atomic E-state index is 11.8. The predicted molar refractivity (Wildman–Crippen MR) is 64.5 cm³/mol. The highest BCUT2D eigenvalue weighted by Crippen LogP contribution is 2.25. The monoisotopic (exact) mass is 258 g/mol. The summed E-state index contributed by atoms with van der Waals surface area (Å²) in [5.74, 6) is 0.0764. The van der Waals surface area contributed by atoms with E-state index in [-0.39, 0.29) is 5.75 Å². The van der Waals surface area contributed by atoms with E-state index in [9.17, 15) is 8.42 Å². The Kier molecular flexibility index (Phi) is 4.47. The van der Waals surface area contributed by atoms with E-state index in [1.807, 2.05) is 17.5 Å². The summed E-state index contributed by atoms with van der Waals surface area (Å²) in [5, 5.41) is 10.9. The first-order chi connectivity index (χ1) is 7.53. The molecule has 1 unspecified atom stereocenters. The third-order valence-electron chi connectivity index (χ3n) is 2.20. The number of thiophene rings is 1. The Labute approximate surface area is 100 Å². The largest absolute Gasteiger partial charge is 0.215 e. The molecule has 1 atom stereocenters. The van der Waals surface area contributed by atoms with Crippen LogP contribution < -0.4 is 0 Å². The quantitative estimate of drug-likeness (QED) is 0.811. The molecule has 0 aliphatic heterocycles. The van der Waals surface area contributed by atoms with Crippen molar-refractivity contribution in [3.05, 3.63) is 22.4 Å². The van der Waals surface area contributed by atoms with E-state index in [4.69, 9.17) is 5.26 Å². The molecule has 0 bridgehead atoms. The molecule has 0 saturated carbocycles. The zero-order valence-corrected chi connectivity index (χ0v) is 10.9. The number of hydrogen-bond acceptors (Lipinski definition) is 4. The van der Waals surface area contributed by atoms with Crippen LogP contribution in [0.5, 0.6) is 0 Å². The minimum absolute atomic E-state index is 0.0764.